The van der Waals surface area contributed by atoms with Gasteiger partial charge >= 0.3 is 0 Å². The van der Waals surface area contributed by atoms with E-state index in [9.17, 15) is 0 Å². The van der Waals surface area contributed by atoms with Crippen molar-refractivity contribution in [1.29, 1.82) is 0 Å². The summed E-state index contributed by atoms with van der Waals surface area (Å²) in [4.78, 5) is 4.11. The van der Waals surface area contributed by atoms with Gasteiger partial charge in [-0.15, -0.1) is 0 Å². The summed E-state index contributed by atoms with van der Waals surface area (Å²) in [5.74, 6) is 0.666. The first-order chi connectivity index (χ1) is 8.28. The summed E-state index contributed by atoms with van der Waals surface area (Å²) >= 11 is 2.00. The second-order valence-electron chi connectivity index (χ2n) is 4.53. The third kappa shape index (κ3) is 3.06. The molecule has 0 aliphatic heterocycles. The third-order valence-corrected chi connectivity index (χ3v) is 4.93. The maximum absolute atomic E-state index is 5.12. The topological polar surface area (TPSA) is 34.1 Å². The van der Waals surface area contributed by atoms with Gasteiger partial charge in [0.15, 0.2) is 0 Å². The van der Waals surface area contributed by atoms with Crippen LogP contribution in [0, 0.1) is 0 Å². The number of hydrogen-bond donors (Lipinski definition) is 1. The average Bonchev–Trinajstić information content (AvgIpc) is 2.86. The standard InChI is InChI=1S/C13H20N2OS/c1-16-12-9-11(5-8-14-12)15-10-13(17-2)6-3-4-7-13/h5,8-9H,3-4,6-7,10H2,1-2H3,(H,14,15). The first-order valence-electron chi connectivity index (χ1n) is 6.07. The third-order valence-electron chi connectivity index (χ3n) is 3.51. The molecule has 1 heterocycles. The van der Waals surface area contributed by atoms with Gasteiger partial charge in [0, 0.05) is 29.2 Å². The highest BCUT2D eigenvalue weighted by atomic mass is 32.2. The summed E-state index contributed by atoms with van der Waals surface area (Å²) in [7, 11) is 1.65. The Hall–Kier alpha value is -0.900. The minimum absolute atomic E-state index is 0.427. The van der Waals surface area contributed by atoms with Crippen LogP contribution in [0.5, 0.6) is 5.88 Å². The zero-order valence-corrected chi connectivity index (χ0v) is 11.3. The summed E-state index contributed by atoms with van der Waals surface area (Å²) in [5, 5.41) is 3.51. The molecule has 0 aromatic carbocycles. The molecule has 0 radical (unpaired) electrons. The molecule has 0 unspecified atom stereocenters. The molecule has 1 aliphatic rings. The van der Waals surface area contributed by atoms with Crippen molar-refractivity contribution in [1.82, 2.24) is 4.98 Å². The largest absolute Gasteiger partial charge is 0.481 e. The molecule has 4 heteroatoms. The Morgan fingerprint density at radius 1 is 1.47 bits per heavy atom. The fourth-order valence-electron chi connectivity index (χ4n) is 2.37. The first kappa shape index (κ1) is 12.6. The first-order valence-corrected chi connectivity index (χ1v) is 7.29. The van der Waals surface area contributed by atoms with Gasteiger partial charge in [0.1, 0.15) is 0 Å². The molecule has 0 bridgehead atoms. The normalized spacial score (nSPS) is 18.0. The van der Waals surface area contributed by atoms with E-state index in [0.29, 0.717) is 10.6 Å². The molecule has 2 rings (SSSR count). The molecule has 0 amide bonds. The lowest BCUT2D eigenvalue weighted by molar-refractivity contribution is 0.398. The van der Waals surface area contributed by atoms with Crippen LogP contribution >= 0.6 is 11.8 Å². The van der Waals surface area contributed by atoms with Crippen molar-refractivity contribution in [3.63, 3.8) is 0 Å². The van der Waals surface area contributed by atoms with Crippen LogP contribution < -0.4 is 10.1 Å². The Labute approximate surface area is 107 Å². The Bertz CT molecular complexity index is 364. The van der Waals surface area contributed by atoms with Gasteiger partial charge in [0.05, 0.1) is 7.11 Å². The zero-order chi connectivity index (χ0) is 12.1. The second kappa shape index (κ2) is 5.63. The maximum Gasteiger partial charge on any atom is 0.214 e. The average molecular weight is 252 g/mol. The van der Waals surface area contributed by atoms with Crippen molar-refractivity contribution in [2.45, 2.75) is 30.4 Å². The molecule has 1 aromatic heterocycles. The van der Waals surface area contributed by atoms with E-state index in [1.807, 2.05) is 23.9 Å². The lowest BCUT2D eigenvalue weighted by Crippen LogP contribution is -2.29. The molecule has 17 heavy (non-hydrogen) atoms. The smallest absolute Gasteiger partial charge is 0.214 e. The van der Waals surface area contributed by atoms with Crippen LogP contribution in [-0.2, 0) is 0 Å². The number of aromatic nitrogens is 1. The van der Waals surface area contributed by atoms with Crippen molar-refractivity contribution >= 4 is 17.4 Å². The van der Waals surface area contributed by atoms with E-state index in [2.05, 4.69) is 16.6 Å². The van der Waals surface area contributed by atoms with Crippen LogP contribution in [0.3, 0.4) is 0 Å². The number of pyridine rings is 1. The lowest BCUT2D eigenvalue weighted by atomic mass is 10.1. The van der Waals surface area contributed by atoms with E-state index in [1.165, 1.54) is 25.7 Å². The number of anilines is 1. The number of methoxy groups -OCH3 is 1. The Morgan fingerprint density at radius 2 is 2.24 bits per heavy atom. The molecule has 1 N–H and O–H groups in total. The zero-order valence-electron chi connectivity index (χ0n) is 10.5. The van der Waals surface area contributed by atoms with Crippen molar-refractivity contribution in [3.8, 4) is 5.88 Å². The Kier molecular flexibility index (Phi) is 4.15. The van der Waals surface area contributed by atoms with Crippen LogP contribution in [0.4, 0.5) is 5.69 Å². The molecule has 94 valence electrons. The van der Waals surface area contributed by atoms with Crippen LogP contribution in [-0.4, -0.2) is 29.6 Å². The van der Waals surface area contributed by atoms with E-state index in [4.69, 9.17) is 4.74 Å². The SMILES string of the molecule is COc1cc(NCC2(SC)CCCC2)ccn1. The van der Waals surface area contributed by atoms with Gasteiger partial charge in [-0.25, -0.2) is 4.98 Å². The number of nitrogens with zero attached hydrogens (tertiary/aromatic N) is 1. The van der Waals surface area contributed by atoms with E-state index in [0.717, 1.165) is 12.2 Å². The molecular formula is C13H20N2OS. The van der Waals surface area contributed by atoms with Gasteiger partial charge in [-0.3, -0.25) is 0 Å². The fraction of sp³-hybridized carbons (Fsp3) is 0.615. The van der Waals surface area contributed by atoms with E-state index < -0.39 is 0 Å². The van der Waals surface area contributed by atoms with Gasteiger partial charge in [-0.2, -0.15) is 11.8 Å². The molecular weight excluding hydrogens is 232 g/mol. The summed E-state index contributed by atoms with van der Waals surface area (Å²) in [6.45, 7) is 1.03. The second-order valence-corrected chi connectivity index (χ2v) is 5.81. The predicted molar refractivity (Wildman–Crippen MR) is 74.0 cm³/mol. The molecule has 1 aliphatic carbocycles. The number of rotatable bonds is 5. The summed E-state index contributed by atoms with van der Waals surface area (Å²) < 4.78 is 5.55. The summed E-state index contributed by atoms with van der Waals surface area (Å²) in [6, 6.07) is 3.94. The summed E-state index contributed by atoms with van der Waals surface area (Å²) in [6.07, 6.45) is 9.37. The highest BCUT2D eigenvalue weighted by Crippen LogP contribution is 2.40. The van der Waals surface area contributed by atoms with Gasteiger partial charge < -0.3 is 10.1 Å². The monoisotopic (exact) mass is 252 g/mol. The van der Waals surface area contributed by atoms with Crippen molar-refractivity contribution in [3.05, 3.63) is 18.3 Å². The van der Waals surface area contributed by atoms with Gasteiger partial charge in [-0.1, -0.05) is 12.8 Å². The number of ether oxygens (including phenoxy) is 1. The quantitative estimate of drug-likeness (QED) is 0.872. The highest BCUT2D eigenvalue weighted by molar-refractivity contribution is 8.00. The van der Waals surface area contributed by atoms with Crippen LogP contribution in [0.25, 0.3) is 0 Å². The fourth-order valence-corrected chi connectivity index (χ4v) is 3.28. The molecule has 1 fully saturated rings. The Balaban J connectivity index is 1.96. The van der Waals surface area contributed by atoms with E-state index in [-0.39, 0.29) is 0 Å². The van der Waals surface area contributed by atoms with Gasteiger partial charge in [0.2, 0.25) is 5.88 Å². The van der Waals surface area contributed by atoms with Crippen molar-refractivity contribution in [2.75, 3.05) is 25.2 Å². The van der Waals surface area contributed by atoms with Crippen LogP contribution in [0.15, 0.2) is 18.3 Å². The minimum atomic E-state index is 0.427. The lowest BCUT2D eigenvalue weighted by Gasteiger charge is -2.27. The van der Waals surface area contributed by atoms with Crippen LogP contribution in [0.1, 0.15) is 25.7 Å². The number of nitrogens with one attached hydrogen (secondary N) is 1. The molecule has 1 saturated carbocycles. The molecule has 0 saturated heterocycles. The molecule has 0 atom stereocenters. The van der Waals surface area contributed by atoms with E-state index >= 15 is 0 Å². The van der Waals surface area contributed by atoms with Crippen LogP contribution in [0.2, 0.25) is 0 Å². The van der Waals surface area contributed by atoms with Gasteiger partial charge in [0.25, 0.3) is 0 Å². The van der Waals surface area contributed by atoms with Crippen molar-refractivity contribution < 1.29 is 4.74 Å². The minimum Gasteiger partial charge on any atom is -0.481 e. The molecule has 1 aromatic rings. The molecule has 0 spiro atoms. The van der Waals surface area contributed by atoms with Gasteiger partial charge in [-0.05, 0) is 25.2 Å². The highest BCUT2D eigenvalue weighted by Gasteiger charge is 2.32. The maximum atomic E-state index is 5.12. The van der Waals surface area contributed by atoms with Crippen molar-refractivity contribution in [2.24, 2.45) is 0 Å². The summed E-state index contributed by atoms with van der Waals surface area (Å²) in [5.41, 5.74) is 1.09. The van der Waals surface area contributed by atoms with E-state index in [1.54, 1.807) is 13.3 Å². The Morgan fingerprint density at radius 3 is 2.88 bits per heavy atom. The molecule has 3 nitrogen and oxygen atoms in total. The predicted octanol–water partition coefficient (Wildman–Crippen LogP) is 3.18. The number of hydrogen-bond acceptors (Lipinski definition) is 4. The number of thioether (sulfide) groups is 1.